The number of amides is 1. The summed E-state index contributed by atoms with van der Waals surface area (Å²) in [6.45, 7) is 2.60. The summed E-state index contributed by atoms with van der Waals surface area (Å²) in [4.78, 5) is 14.3. The third-order valence-corrected chi connectivity index (χ3v) is 5.32. The van der Waals surface area contributed by atoms with Gasteiger partial charge in [-0.3, -0.25) is 9.36 Å². The first kappa shape index (κ1) is 20.6. The molecule has 1 aromatic heterocycles. The van der Waals surface area contributed by atoms with Gasteiger partial charge in [0.25, 0.3) is 0 Å². The zero-order valence-electron chi connectivity index (χ0n) is 16.1. The molecule has 0 aliphatic heterocycles. The Balaban J connectivity index is 1.70. The first-order chi connectivity index (χ1) is 14.1. The number of para-hydroxylation sites is 1. The van der Waals surface area contributed by atoms with Crippen LogP contribution in [-0.4, -0.2) is 37.9 Å². The number of rotatable bonds is 8. The summed E-state index contributed by atoms with van der Waals surface area (Å²) in [5, 5.41) is 8.81. The Morgan fingerprint density at radius 2 is 2.00 bits per heavy atom. The van der Waals surface area contributed by atoms with Crippen molar-refractivity contribution in [2.45, 2.75) is 25.0 Å². The van der Waals surface area contributed by atoms with E-state index in [0.717, 1.165) is 17.7 Å². The molecule has 5 nitrogen and oxygen atoms in total. The van der Waals surface area contributed by atoms with Crippen molar-refractivity contribution in [3.8, 4) is 18.0 Å². The topological polar surface area (TPSA) is 51.0 Å². The fraction of sp³-hybridized carbons (Fsp3) is 0.227. The van der Waals surface area contributed by atoms with Crippen molar-refractivity contribution in [1.29, 1.82) is 0 Å². The highest BCUT2D eigenvalue weighted by molar-refractivity contribution is 7.99. The van der Waals surface area contributed by atoms with Gasteiger partial charge in [-0.1, -0.05) is 54.9 Å². The van der Waals surface area contributed by atoms with Crippen LogP contribution in [-0.2, 0) is 17.8 Å². The number of aromatic nitrogens is 3. The van der Waals surface area contributed by atoms with E-state index >= 15 is 0 Å². The number of thioether (sulfide) groups is 1. The second-order valence-corrected chi connectivity index (χ2v) is 7.28. The van der Waals surface area contributed by atoms with Crippen LogP contribution in [0.4, 0.5) is 4.39 Å². The summed E-state index contributed by atoms with van der Waals surface area (Å²) in [5.74, 6) is 2.26. The van der Waals surface area contributed by atoms with Crippen LogP contribution in [0.1, 0.15) is 18.1 Å². The molecule has 0 saturated carbocycles. The molecule has 0 unspecified atom stereocenters. The minimum Gasteiger partial charge on any atom is -0.327 e. The highest BCUT2D eigenvalue weighted by atomic mass is 32.2. The quantitative estimate of drug-likeness (QED) is 0.421. The monoisotopic (exact) mass is 408 g/mol. The van der Waals surface area contributed by atoms with Crippen LogP contribution in [0.2, 0.25) is 0 Å². The minimum absolute atomic E-state index is 0.115. The number of hydrogen-bond acceptors (Lipinski definition) is 4. The van der Waals surface area contributed by atoms with E-state index in [4.69, 9.17) is 6.42 Å². The number of benzene rings is 2. The predicted octanol–water partition coefficient (Wildman–Crippen LogP) is 3.72. The third-order valence-electron chi connectivity index (χ3n) is 4.39. The fourth-order valence-electron chi connectivity index (χ4n) is 2.90. The van der Waals surface area contributed by atoms with E-state index in [-0.39, 0.29) is 24.0 Å². The van der Waals surface area contributed by atoms with Crippen LogP contribution >= 0.6 is 11.8 Å². The molecule has 29 heavy (non-hydrogen) atoms. The number of halogens is 1. The number of nitrogens with zero attached hydrogens (tertiary/aromatic N) is 4. The van der Waals surface area contributed by atoms with Crippen molar-refractivity contribution in [2.24, 2.45) is 0 Å². The lowest BCUT2D eigenvalue weighted by Gasteiger charge is -2.20. The van der Waals surface area contributed by atoms with Gasteiger partial charge >= 0.3 is 0 Å². The lowest BCUT2D eigenvalue weighted by molar-refractivity contribution is -0.128. The molecule has 2 aromatic carbocycles. The van der Waals surface area contributed by atoms with Crippen molar-refractivity contribution >= 4 is 17.7 Å². The molecule has 7 heteroatoms. The van der Waals surface area contributed by atoms with Crippen LogP contribution in [0, 0.1) is 18.2 Å². The molecular formula is C22H21FN4OS. The molecule has 0 saturated heterocycles. The fourth-order valence-corrected chi connectivity index (χ4v) is 3.73. The van der Waals surface area contributed by atoms with Crippen LogP contribution in [0.3, 0.4) is 0 Å². The molecule has 3 rings (SSSR count). The normalized spacial score (nSPS) is 10.5. The molecule has 0 fully saturated rings. The first-order valence-electron chi connectivity index (χ1n) is 9.19. The van der Waals surface area contributed by atoms with Gasteiger partial charge in [-0.05, 0) is 35.7 Å². The lowest BCUT2D eigenvalue weighted by Crippen LogP contribution is -2.32. The van der Waals surface area contributed by atoms with Gasteiger partial charge in [-0.2, -0.15) is 0 Å². The molecule has 0 spiro atoms. The van der Waals surface area contributed by atoms with E-state index in [0.29, 0.717) is 11.7 Å². The van der Waals surface area contributed by atoms with E-state index in [2.05, 4.69) is 29.1 Å². The number of carbonyl (C=O) groups is 1. The van der Waals surface area contributed by atoms with Crippen molar-refractivity contribution in [1.82, 2.24) is 19.7 Å². The van der Waals surface area contributed by atoms with Gasteiger partial charge in [0.1, 0.15) is 12.1 Å². The summed E-state index contributed by atoms with van der Waals surface area (Å²) >= 11 is 1.31. The Bertz CT molecular complexity index is 1010. The zero-order valence-corrected chi connectivity index (χ0v) is 16.9. The number of hydrogen-bond donors (Lipinski definition) is 0. The van der Waals surface area contributed by atoms with Crippen molar-refractivity contribution in [2.75, 3.05) is 12.3 Å². The lowest BCUT2D eigenvalue weighted by atomic mass is 10.1. The van der Waals surface area contributed by atoms with E-state index < -0.39 is 0 Å². The minimum atomic E-state index is -0.314. The van der Waals surface area contributed by atoms with Crippen molar-refractivity contribution < 1.29 is 9.18 Å². The number of carbonyl (C=O) groups excluding carboxylic acids is 1. The summed E-state index contributed by atoms with van der Waals surface area (Å²) in [7, 11) is 0. The highest BCUT2D eigenvalue weighted by Gasteiger charge is 2.17. The van der Waals surface area contributed by atoms with E-state index in [9.17, 15) is 9.18 Å². The molecule has 1 heterocycles. The van der Waals surface area contributed by atoms with Gasteiger partial charge in [0.2, 0.25) is 5.91 Å². The van der Waals surface area contributed by atoms with Crippen molar-refractivity contribution in [3.63, 3.8) is 0 Å². The van der Waals surface area contributed by atoms with E-state index in [1.54, 1.807) is 23.4 Å². The second kappa shape index (κ2) is 9.89. The van der Waals surface area contributed by atoms with Gasteiger partial charge in [-0.15, -0.1) is 16.6 Å². The average molecular weight is 409 g/mol. The molecule has 3 aromatic rings. The number of aryl methyl sites for hydroxylation is 1. The molecule has 0 aliphatic rings. The summed E-state index contributed by atoms with van der Waals surface area (Å²) in [6, 6.07) is 14.1. The Kier molecular flexibility index (Phi) is 7.04. The molecule has 0 radical (unpaired) electrons. The largest absolute Gasteiger partial charge is 0.327 e. The molecule has 0 bridgehead atoms. The van der Waals surface area contributed by atoms with Gasteiger partial charge in [0.15, 0.2) is 5.16 Å². The standard InChI is InChI=1S/C22H21FN4OS/c1-3-13-26(14-17-9-11-19(23)12-10-17)21(28)15-29-22-25-24-16-27(22)20-8-6-5-7-18(20)4-2/h1,5-12,16H,4,13-15H2,2H3. The second-order valence-electron chi connectivity index (χ2n) is 6.33. The van der Waals surface area contributed by atoms with Gasteiger partial charge in [0.05, 0.1) is 18.0 Å². The maximum Gasteiger partial charge on any atom is 0.234 e. The Hall–Kier alpha value is -3.11. The van der Waals surface area contributed by atoms with E-state index in [1.165, 1.54) is 29.5 Å². The van der Waals surface area contributed by atoms with Crippen LogP contribution < -0.4 is 0 Å². The maximum absolute atomic E-state index is 13.1. The van der Waals surface area contributed by atoms with Crippen LogP contribution in [0.25, 0.3) is 5.69 Å². The molecule has 0 aliphatic carbocycles. The maximum atomic E-state index is 13.1. The third kappa shape index (κ3) is 5.24. The molecular weight excluding hydrogens is 387 g/mol. The van der Waals surface area contributed by atoms with Crippen molar-refractivity contribution in [3.05, 3.63) is 71.8 Å². The Labute approximate surface area is 174 Å². The number of terminal acetylenes is 1. The van der Waals surface area contributed by atoms with Crippen LogP contribution in [0.15, 0.2) is 60.0 Å². The van der Waals surface area contributed by atoms with Gasteiger partial charge < -0.3 is 4.90 Å². The molecule has 0 N–H and O–H groups in total. The molecule has 148 valence electrons. The SMILES string of the molecule is C#CCN(Cc1ccc(F)cc1)C(=O)CSc1nncn1-c1ccccc1CC. The Morgan fingerprint density at radius 1 is 1.24 bits per heavy atom. The first-order valence-corrected chi connectivity index (χ1v) is 10.2. The molecule has 0 atom stereocenters. The predicted molar refractivity (Wildman–Crippen MR) is 112 cm³/mol. The van der Waals surface area contributed by atoms with Gasteiger partial charge in [-0.25, -0.2) is 4.39 Å². The zero-order chi connectivity index (χ0) is 20.6. The van der Waals surface area contributed by atoms with Gasteiger partial charge in [0, 0.05) is 6.54 Å². The van der Waals surface area contributed by atoms with E-state index in [1.807, 2.05) is 22.8 Å². The average Bonchev–Trinajstić information content (AvgIpc) is 3.21. The smallest absolute Gasteiger partial charge is 0.234 e. The van der Waals surface area contributed by atoms with Crippen LogP contribution in [0.5, 0.6) is 0 Å². The summed E-state index contributed by atoms with van der Waals surface area (Å²) in [6.07, 6.45) is 7.96. The summed E-state index contributed by atoms with van der Waals surface area (Å²) < 4.78 is 15.0. The molecule has 1 amide bonds. The highest BCUT2D eigenvalue weighted by Crippen LogP contribution is 2.23. The summed E-state index contributed by atoms with van der Waals surface area (Å²) in [5.41, 5.74) is 2.99. The Morgan fingerprint density at radius 3 is 2.72 bits per heavy atom.